The van der Waals surface area contributed by atoms with Crippen LogP contribution in [-0.4, -0.2) is 39.6 Å². The van der Waals surface area contributed by atoms with Gasteiger partial charge in [0, 0.05) is 6.42 Å². The zero-order valence-electron chi connectivity index (χ0n) is 33.1. The Morgan fingerprint density at radius 2 is 0.880 bits per heavy atom. The Hall–Kier alpha value is -0.720. The number of amides is 1. The second kappa shape index (κ2) is 38.0. The van der Waals surface area contributed by atoms with Crippen molar-refractivity contribution in [3.63, 3.8) is 0 Å². The molecule has 0 spiro atoms. The molecule has 7 nitrogen and oxygen atoms in total. The van der Waals surface area contributed by atoms with Crippen molar-refractivity contribution in [2.75, 3.05) is 6.61 Å². The van der Waals surface area contributed by atoms with Gasteiger partial charge < -0.3 is 20.2 Å². The fourth-order valence-corrected chi connectivity index (χ4v) is 7.05. The van der Waals surface area contributed by atoms with E-state index in [4.69, 9.17) is 9.79 Å². The number of unbranched alkanes of at least 4 members (excludes halogenated alkanes) is 31. The maximum Gasteiger partial charge on any atom is 0.469 e. The normalized spacial score (nSPS) is 13.3. The maximum absolute atomic E-state index is 12.6. The molecule has 0 heterocycles. The molecule has 2 atom stereocenters. The van der Waals surface area contributed by atoms with Gasteiger partial charge in [-0.05, 0) is 19.3 Å². The highest BCUT2D eigenvalue weighted by Crippen LogP contribution is 2.35. The van der Waals surface area contributed by atoms with Crippen molar-refractivity contribution in [1.82, 2.24) is 5.32 Å². The fourth-order valence-electron chi connectivity index (χ4n) is 6.70. The van der Waals surface area contributed by atoms with E-state index in [9.17, 15) is 14.5 Å². The highest BCUT2D eigenvalue weighted by Gasteiger charge is 2.24. The third-order valence-corrected chi connectivity index (χ3v) is 10.5. The zero-order valence-corrected chi connectivity index (χ0v) is 34.0. The van der Waals surface area contributed by atoms with Crippen LogP contribution in [0.5, 0.6) is 0 Å². The Bertz CT molecular complexity index is 788. The number of aliphatic hydroxyl groups excluding tert-OH is 1. The minimum absolute atomic E-state index is 0.223. The molecule has 0 aromatic heterocycles. The lowest BCUT2D eigenvalue weighted by atomic mass is 10.0. The number of hydrogen-bond acceptors (Lipinski definition) is 4. The predicted molar refractivity (Wildman–Crippen MR) is 213 cm³/mol. The van der Waals surface area contributed by atoms with Gasteiger partial charge in [0.2, 0.25) is 5.91 Å². The van der Waals surface area contributed by atoms with Crippen LogP contribution in [0.2, 0.25) is 0 Å². The van der Waals surface area contributed by atoms with Gasteiger partial charge in [0.05, 0.1) is 18.8 Å². The van der Waals surface area contributed by atoms with Gasteiger partial charge in [-0.1, -0.05) is 219 Å². The first-order valence-electron chi connectivity index (χ1n) is 21.6. The quantitative estimate of drug-likeness (QED) is 0.0283. The van der Waals surface area contributed by atoms with Gasteiger partial charge in [0.1, 0.15) is 0 Å². The van der Waals surface area contributed by atoms with Crippen LogP contribution in [0, 0.1) is 0 Å². The number of hydrogen-bond donors (Lipinski definition) is 4. The molecule has 0 aromatic carbocycles. The lowest BCUT2D eigenvalue weighted by molar-refractivity contribution is -0.123. The largest absolute Gasteiger partial charge is 0.469 e. The second-order valence-electron chi connectivity index (χ2n) is 15.0. The summed E-state index contributed by atoms with van der Waals surface area (Å²) in [6.45, 7) is 4.07. The molecule has 298 valence electrons. The molecule has 8 heteroatoms. The number of aliphatic hydroxyl groups is 1. The van der Waals surface area contributed by atoms with E-state index in [2.05, 4.69) is 23.7 Å². The molecule has 0 radical (unpaired) electrons. The smallest absolute Gasteiger partial charge is 0.387 e. The highest BCUT2D eigenvalue weighted by atomic mass is 31.2. The van der Waals surface area contributed by atoms with Gasteiger partial charge in [0.25, 0.3) is 0 Å². The van der Waals surface area contributed by atoms with Crippen molar-refractivity contribution >= 4 is 13.7 Å². The van der Waals surface area contributed by atoms with E-state index >= 15 is 0 Å². The molecule has 0 aliphatic carbocycles. The molecule has 0 aromatic rings. The lowest BCUT2D eigenvalue weighted by Gasteiger charge is -2.22. The van der Waals surface area contributed by atoms with Crippen LogP contribution >= 0.6 is 7.82 Å². The molecule has 0 aliphatic rings. The summed E-state index contributed by atoms with van der Waals surface area (Å²) < 4.78 is 15.9. The fraction of sp³-hybridized carbons (Fsp3) is 0.929. The summed E-state index contributed by atoms with van der Waals surface area (Å²) in [4.78, 5) is 30.8. The average Bonchev–Trinajstić information content (AvgIpc) is 3.08. The van der Waals surface area contributed by atoms with Gasteiger partial charge in [-0.2, -0.15) is 0 Å². The molecule has 0 aliphatic heterocycles. The van der Waals surface area contributed by atoms with E-state index in [1.165, 1.54) is 173 Å². The third-order valence-electron chi connectivity index (χ3n) is 10.00. The molecule has 0 bridgehead atoms. The van der Waals surface area contributed by atoms with Gasteiger partial charge in [-0.25, -0.2) is 4.57 Å². The Kier molecular flexibility index (Phi) is 37.5. The van der Waals surface area contributed by atoms with Crippen LogP contribution in [0.1, 0.15) is 232 Å². The van der Waals surface area contributed by atoms with Crippen molar-refractivity contribution in [3.8, 4) is 0 Å². The summed E-state index contributed by atoms with van der Waals surface area (Å²) >= 11 is 0. The standard InChI is InChI=1S/C42H84NO6P/c1-3-5-7-9-11-13-15-16-17-18-19-20-21-22-23-24-25-26-28-30-32-34-36-38-42(45)43-40(39-49-50(46,47)48)41(44)37-35-33-31-29-27-14-12-10-8-6-4-2/h35,37,40-41,44H,3-34,36,38-39H2,1-2H3,(H,43,45)(H2,46,47,48)/b37-35+/t40-,41+/m0/s1. The summed E-state index contributed by atoms with van der Waals surface area (Å²) in [6, 6.07) is -0.904. The Labute approximate surface area is 310 Å². The van der Waals surface area contributed by atoms with Crippen molar-refractivity contribution in [2.45, 2.75) is 244 Å². The van der Waals surface area contributed by atoms with Crippen molar-refractivity contribution in [2.24, 2.45) is 0 Å². The molecule has 0 unspecified atom stereocenters. The van der Waals surface area contributed by atoms with Gasteiger partial charge >= 0.3 is 7.82 Å². The Morgan fingerprint density at radius 3 is 1.22 bits per heavy atom. The number of carbonyl (C=O) groups is 1. The monoisotopic (exact) mass is 730 g/mol. The number of phosphoric acid groups is 1. The molecule has 0 fully saturated rings. The van der Waals surface area contributed by atoms with E-state index in [1.54, 1.807) is 6.08 Å². The predicted octanol–water partition coefficient (Wildman–Crippen LogP) is 12.8. The molecule has 4 N–H and O–H groups in total. The SMILES string of the molecule is CCCCCCCCCCC/C=C/[C@@H](O)[C@H](COP(=O)(O)O)NC(=O)CCCCCCCCCCCCCCCCCCCCCCCCC. The highest BCUT2D eigenvalue weighted by molar-refractivity contribution is 7.46. The molecule has 50 heavy (non-hydrogen) atoms. The van der Waals surface area contributed by atoms with Gasteiger partial charge in [-0.3, -0.25) is 9.32 Å². The Morgan fingerprint density at radius 1 is 0.560 bits per heavy atom. The molecular weight excluding hydrogens is 645 g/mol. The topological polar surface area (TPSA) is 116 Å². The number of rotatable bonds is 40. The summed E-state index contributed by atoms with van der Waals surface area (Å²) in [5, 5.41) is 13.4. The minimum atomic E-state index is -4.71. The first-order valence-corrected chi connectivity index (χ1v) is 23.2. The summed E-state index contributed by atoms with van der Waals surface area (Å²) in [5.74, 6) is -0.223. The number of nitrogens with one attached hydrogen (secondary N) is 1. The van der Waals surface area contributed by atoms with E-state index in [-0.39, 0.29) is 5.91 Å². The van der Waals surface area contributed by atoms with E-state index in [0.717, 1.165) is 38.5 Å². The number of carbonyl (C=O) groups excluding carboxylic acids is 1. The van der Waals surface area contributed by atoms with Crippen LogP contribution in [-0.2, 0) is 13.9 Å². The van der Waals surface area contributed by atoms with E-state index in [1.807, 2.05) is 6.08 Å². The van der Waals surface area contributed by atoms with Crippen molar-refractivity contribution in [3.05, 3.63) is 12.2 Å². The van der Waals surface area contributed by atoms with Gasteiger partial charge in [0.15, 0.2) is 0 Å². The average molecular weight is 730 g/mol. The van der Waals surface area contributed by atoms with Crippen LogP contribution in [0.3, 0.4) is 0 Å². The minimum Gasteiger partial charge on any atom is -0.387 e. The van der Waals surface area contributed by atoms with Crippen molar-refractivity contribution < 1.29 is 28.8 Å². The van der Waals surface area contributed by atoms with Crippen LogP contribution in [0.25, 0.3) is 0 Å². The van der Waals surface area contributed by atoms with Crippen LogP contribution in [0.4, 0.5) is 0 Å². The maximum atomic E-state index is 12.6. The first-order chi connectivity index (χ1) is 24.3. The second-order valence-corrected chi connectivity index (χ2v) is 16.3. The summed E-state index contributed by atoms with van der Waals surface area (Å²) in [7, 11) is -4.71. The van der Waals surface area contributed by atoms with E-state index < -0.39 is 26.6 Å². The molecular formula is C42H84NO6P. The molecule has 0 rings (SSSR count). The van der Waals surface area contributed by atoms with Crippen LogP contribution in [0.15, 0.2) is 12.2 Å². The molecule has 0 saturated carbocycles. The third kappa shape index (κ3) is 38.5. The first kappa shape index (κ1) is 49.3. The molecule has 0 saturated heterocycles. The number of phosphoric ester groups is 1. The summed E-state index contributed by atoms with van der Waals surface area (Å²) in [5.41, 5.74) is 0. The molecule has 1 amide bonds. The van der Waals surface area contributed by atoms with Gasteiger partial charge in [-0.15, -0.1) is 0 Å². The zero-order chi connectivity index (χ0) is 36.8. The summed E-state index contributed by atoms with van der Waals surface area (Å²) in [6.07, 6.45) is 45.3. The number of allylic oxidation sites excluding steroid dienone is 1. The van der Waals surface area contributed by atoms with Crippen LogP contribution < -0.4 is 5.32 Å². The van der Waals surface area contributed by atoms with E-state index in [0.29, 0.717) is 6.42 Å². The lowest BCUT2D eigenvalue weighted by Crippen LogP contribution is -2.45. The van der Waals surface area contributed by atoms with Crippen molar-refractivity contribution in [1.29, 1.82) is 0 Å². The Balaban J connectivity index is 3.81.